The summed E-state index contributed by atoms with van der Waals surface area (Å²) in [5.41, 5.74) is 0. The molecule has 0 spiro atoms. The minimum absolute atomic E-state index is 0.736. The molecule has 0 saturated heterocycles. The summed E-state index contributed by atoms with van der Waals surface area (Å²) in [7, 11) is 2.10. The van der Waals surface area contributed by atoms with E-state index in [-0.39, 0.29) is 0 Å². The molecule has 0 aromatic carbocycles. The summed E-state index contributed by atoms with van der Waals surface area (Å²) in [4.78, 5) is 11.3. The van der Waals surface area contributed by atoms with Crippen molar-refractivity contribution in [1.82, 2.24) is 9.97 Å². The molecule has 0 aliphatic heterocycles. The van der Waals surface area contributed by atoms with E-state index in [1.165, 1.54) is 12.8 Å². The van der Waals surface area contributed by atoms with E-state index in [4.69, 9.17) is 0 Å². The van der Waals surface area contributed by atoms with Gasteiger partial charge in [0.1, 0.15) is 12.1 Å². The maximum atomic E-state index is 4.30. The maximum absolute atomic E-state index is 4.30. The Balaban J connectivity index is 1.96. The van der Waals surface area contributed by atoms with Crippen molar-refractivity contribution in [1.29, 1.82) is 0 Å². The van der Waals surface area contributed by atoms with Crippen molar-refractivity contribution in [3.63, 3.8) is 0 Å². The molecule has 5 heteroatoms. The van der Waals surface area contributed by atoms with Crippen LogP contribution in [0.3, 0.4) is 0 Å². The monoisotopic (exact) mass is 381 g/mol. The summed E-state index contributed by atoms with van der Waals surface area (Å²) in [6.45, 7) is 1.09. The molecule has 0 radical (unpaired) electrons. The van der Waals surface area contributed by atoms with E-state index in [9.17, 15) is 0 Å². The van der Waals surface area contributed by atoms with Gasteiger partial charge in [-0.05, 0) is 41.4 Å². The molecule has 1 aromatic rings. The maximum Gasteiger partial charge on any atom is 0.145 e. The summed E-state index contributed by atoms with van der Waals surface area (Å²) in [5.74, 6) is 1.86. The smallest absolute Gasteiger partial charge is 0.145 e. The van der Waals surface area contributed by atoms with Gasteiger partial charge in [0, 0.05) is 24.6 Å². The Morgan fingerprint density at radius 2 is 2.33 bits per heavy atom. The minimum atomic E-state index is 0.736. The topological polar surface area (TPSA) is 29.0 Å². The van der Waals surface area contributed by atoms with E-state index >= 15 is 0 Å². The second-order valence-electron chi connectivity index (χ2n) is 4.01. The van der Waals surface area contributed by atoms with E-state index < -0.39 is 0 Å². The van der Waals surface area contributed by atoms with Crippen LogP contribution in [0, 0.1) is 9.49 Å². The van der Waals surface area contributed by atoms with Gasteiger partial charge in [0.15, 0.2) is 0 Å². The first-order valence-electron chi connectivity index (χ1n) is 4.97. The summed E-state index contributed by atoms with van der Waals surface area (Å²) in [5, 5.41) is 0. The molecule has 1 aliphatic carbocycles. The first kappa shape index (κ1) is 11.6. The Kier molecular flexibility index (Phi) is 3.82. The number of halogens is 2. The van der Waals surface area contributed by atoms with Gasteiger partial charge in [-0.25, -0.2) is 9.97 Å². The summed E-state index contributed by atoms with van der Waals surface area (Å²) < 4.78 is 1.12. The zero-order chi connectivity index (χ0) is 10.8. The Hall–Kier alpha value is 0.0900. The molecule has 1 aliphatic rings. The Labute approximate surface area is 112 Å². The van der Waals surface area contributed by atoms with Gasteiger partial charge in [0.25, 0.3) is 0 Å². The van der Waals surface area contributed by atoms with Gasteiger partial charge in [-0.1, -0.05) is 15.9 Å². The van der Waals surface area contributed by atoms with Gasteiger partial charge in [-0.15, -0.1) is 0 Å². The van der Waals surface area contributed by atoms with Gasteiger partial charge in [-0.2, -0.15) is 0 Å². The quantitative estimate of drug-likeness (QED) is 0.595. The number of alkyl halides is 1. The molecule has 1 heterocycles. The fourth-order valence-electron chi connectivity index (χ4n) is 1.86. The van der Waals surface area contributed by atoms with Crippen LogP contribution in [0.2, 0.25) is 0 Å². The minimum Gasteiger partial charge on any atom is -0.358 e. The lowest BCUT2D eigenvalue weighted by atomic mass is 9.85. The number of rotatable bonds is 3. The van der Waals surface area contributed by atoms with Crippen LogP contribution >= 0.6 is 38.5 Å². The highest BCUT2D eigenvalue weighted by molar-refractivity contribution is 14.1. The molecule has 15 heavy (non-hydrogen) atoms. The Morgan fingerprint density at radius 3 is 2.93 bits per heavy atom. The van der Waals surface area contributed by atoms with Gasteiger partial charge < -0.3 is 4.90 Å². The van der Waals surface area contributed by atoms with Crippen molar-refractivity contribution in [3.05, 3.63) is 16.1 Å². The molecule has 0 unspecified atom stereocenters. The number of anilines is 1. The number of hydrogen-bond donors (Lipinski definition) is 0. The Morgan fingerprint density at radius 1 is 1.60 bits per heavy atom. The van der Waals surface area contributed by atoms with Crippen LogP contribution in [-0.2, 0) is 0 Å². The van der Waals surface area contributed by atoms with Crippen LogP contribution in [0.5, 0.6) is 0 Å². The highest BCUT2D eigenvalue weighted by Crippen LogP contribution is 2.34. The number of hydrogen-bond acceptors (Lipinski definition) is 3. The average molecular weight is 382 g/mol. The van der Waals surface area contributed by atoms with Crippen LogP contribution in [-0.4, -0.2) is 28.4 Å². The zero-order valence-electron chi connectivity index (χ0n) is 8.53. The molecule has 1 fully saturated rings. The highest BCUT2D eigenvalue weighted by atomic mass is 127. The van der Waals surface area contributed by atoms with E-state index in [0.29, 0.717) is 0 Å². The van der Waals surface area contributed by atoms with Crippen LogP contribution in [0.15, 0.2) is 12.5 Å². The molecule has 2 rings (SSSR count). The second-order valence-corrected chi connectivity index (χ2v) is 6.47. The lowest BCUT2D eigenvalue weighted by Crippen LogP contribution is -2.35. The molecule has 0 atom stereocenters. The molecule has 82 valence electrons. The predicted octanol–water partition coefficient (Wildman–Crippen LogP) is 2.69. The standard InChI is InChI=1S/C10H13BrIN3/c1-15(5-7-2-8(11)3-7)10-9(12)4-13-6-14-10/h4,6-8H,2-3,5H2,1H3. The predicted molar refractivity (Wildman–Crippen MR) is 73.5 cm³/mol. The SMILES string of the molecule is CN(CC1CC(Br)C1)c1ncncc1I. The van der Waals surface area contributed by atoms with Crippen molar-refractivity contribution in [2.45, 2.75) is 17.7 Å². The van der Waals surface area contributed by atoms with Crippen molar-refractivity contribution in [3.8, 4) is 0 Å². The molecule has 1 aromatic heterocycles. The first-order valence-corrected chi connectivity index (χ1v) is 6.97. The molecule has 0 bridgehead atoms. The van der Waals surface area contributed by atoms with Crippen molar-refractivity contribution >= 4 is 44.3 Å². The van der Waals surface area contributed by atoms with Gasteiger partial charge in [0.05, 0.1) is 3.57 Å². The average Bonchev–Trinajstić information content (AvgIpc) is 2.16. The van der Waals surface area contributed by atoms with Crippen molar-refractivity contribution < 1.29 is 0 Å². The third-order valence-corrected chi connectivity index (χ3v) is 4.23. The van der Waals surface area contributed by atoms with Crippen molar-refractivity contribution in [2.75, 3.05) is 18.5 Å². The van der Waals surface area contributed by atoms with E-state index in [0.717, 1.165) is 26.7 Å². The van der Waals surface area contributed by atoms with Crippen LogP contribution in [0.1, 0.15) is 12.8 Å². The lowest BCUT2D eigenvalue weighted by molar-refractivity contribution is 0.338. The number of aromatic nitrogens is 2. The van der Waals surface area contributed by atoms with E-state index in [1.807, 2.05) is 6.20 Å². The van der Waals surface area contributed by atoms with Crippen LogP contribution < -0.4 is 4.90 Å². The fraction of sp³-hybridized carbons (Fsp3) is 0.600. The fourth-order valence-corrected chi connectivity index (χ4v) is 3.63. The number of nitrogens with zero attached hydrogens (tertiary/aromatic N) is 3. The van der Waals surface area contributed by atoms with Gasteiger partial charge in [0.2, 0.25) is 0 Å². The van der Waals surface area contributed by atoms with Crippen LogP contribution in [0.25, 0.3) is 0 Å². The molecular formula is C10H13BrIN3. The third-order valence-electron chi connectivity index (χ3n) is 2.72. The summed E-state index contributed by atoms with van der Waals surface area (Å²) in [6.07, 6.45) is 6.04. The summed E-state index contributed by atoms with van der Waals surface area (Å²) >= 11 is 5.90. The normalized spacial score (nSPS) is 24.7. The van der Waals surface area contributed by atoms with Crippen LogP contribution in [0.4, 0.5) is 5.82 Å². The van der Waals surface area contributed by atoms with E-state index in [2.05, 4.69) is 60.4 Å². The molecular weight excluding hydrogens is 369 g/mol. The van der Waals surface area contributed by atoms with Gasteiger partial charge >= 0.3 is 0 Å². The lowest BCUT2D eigenvalue weighted by Gasteiger charge is -2.34. The Bertz CT molecular complexity index is 341. The first-order chi connectivity index (χ1) is 7.16. The second kappa shape index (κ2) is 4.95. The molecule has 0 N–H and O–H groups in total. The van der Waals surface area contributed by atoms with E-state index in [1.54, 1.807) is 6.33 Å². The zero-order valence-corrected chi connectivity index (χ0v) is 12.3. The molecule has 1 saturated carbocycles. The van der Waals surface area contributed by atoms with Gasteiger partial charge in [-0.3, -0.25) is 0 Å². The third kappa shape index (κ3) is 2.81. The van der Waals surface area contributed by atoms with Crippen molar-refractivity contribution in [2.24, 2.45) is 5.92 Å². The largest absolute Gasteiger partial charge is 0.358 e. The highest BCUT2D eigenvalue weighted by Gasteiger charge is 2.28. The molecule has 3 nitrogen and oxygen atoms in total. The molecule has 0 amide bonds. The summed E-state index contributed by atoms with van der Waals surface area (Å²) in [6, 6.07) is 0.